The molecular formula is C11H6ClF3O3S. The van der Waals surface area contributed by atoms with Crippen molar-refractivity contribution >= 4 is 35.6 Å². The Kier molecular flexibility index (Phi) is 3.69. The molecule has 0 amide bonds. The standard InChI is InChI=1S/C11H6ClF3O3S/c12-6-1-2-8-5(3-6)4-7(18-10(16)17)9(19-8)11(13,14)15/h1-4,9H,(H,16,17)/t9-/m0/s1. The molecular weight excluding hydrogens is 305 g/mol. The van der Waals surface area contributed by atoms with E-state index in [0.29, 0.717) is 27.2 Å². The van der Waals surface area contributed by atoms with Gasteiger partial charge in [0.05, 0.1) is 0 Å². The van der Waals surface area contributed by atoms with Crippen molar-refractivity contribution in [2.45, 2.75) is 16.3 Å². The SMILES string of the molecule is O=C(O)OC1=Cc2cc(Cl)ccc2S[C@@H]1C(F)(F)F. The summed E-state index contributed by atoms with van der Waals surface area (Å²) in [7, 11) is 0. The minimum atomic E-state index is -4.61. The fraction of sp³-hybridized carbons (Fsp3) is 0.182. The monoisotopic (exact) mass is 310 g/mol. The van der Waals surface area contributed by atoms with E-state index in [1.807, 2.05) is 0 Å². The maximum atomic E-state index is 12.9. The molecule has 1 atom stereocenters. The molecule has 0 saturated heterocycles. The van der Waals surface area contributed by atoms with Crippen LogP contribution in [-0.4, -0.2) is 22.7 Å². The number of carbonyl (C=O) groups is 1. The number of hydrogen-bond acceptors (Lipinski definition) is 3. The largest absolute Gasteiger partial charge is 0.511 e. The summed E-state index contributed by atoms with van der Waals surface area (Å²) in [5.74, 6) is -0.667. The first kappa shape index (κ1) is 14.1. The van der Waals surface area contributed by atoms with E-state index in [1.165, 1.54) is 18.2 Å². The molecule has 8 heteroatoms. The Labute approximate surface area is 115 Å². The lowest BCUT2D eigenvalue weighted by Crippen LogP contribution is -2.31. The molecule has 3 nitrogen and oxygen atoms in total. The quantitative estimate of drug-likeness (QED) is 0.780. The number of carboxylic acid groups (broad SMARTS) is 1. The maximum absolute atomic E-state index is 12.9. The van der Waals surface area contributed by atoms with Crippen molar-refractivity contribution in [2.24, 2.45) is 0 Å². The normalized spacial score (nSPS) is 18.5. The average Bonchev–Trinajstić information content (AvgIpc) is 2.25. The number of rotatable bonds is 1. The van der Waals surface area contributed by atoms with Crippen LogP contribution in [0.1, 0.15) is 5.56 Å². The molecule has 0 aromatic heterocycles. The highest BCUT2D eigenvalue weighted by Crippen LogP contribution is 2.45. The third kappa shape index (κ3) is 3.16. The van der Waals surface area contributed by atoms with Gasteiger partial charge in [-0.25, -0.2) is 4.79 Å². The minimum Gasteiger partial charge on any atom is -0.449 e. The highest BCUT2D eigenvalue weighted by atomic mass is 35.5. The molecule has 0 aliphatic carbocycles. The van der Waals surface area contributed by atoms with Crippen LogP contribution in [0.2, 0.25) is 5.02 Å². The molecule has 102 valence electrons. The van der Waals surface area contributed by atoms with Gasteiger partial charge >= 0.3 is 12.3 Å². The second-order valence-electron chi connectivity index (χ2n) is 3.64. The molecule has 1 aromatic rings. The summed E-state index contributed by atoms with van der Waals surface area (Å²) in [5, 5.41) is 6.79. The molecule has 2 rings (SSSR count). The highest BCUT2D eigenvalue weighted by Gasteiger charge is 2.46. The summed E-state index contributed by atoms with van der Waals surface area (Å²) in [5.41, 5.74) is 0.397. The molecule has 0 unspecified atom stereocenters. The van der Waals surface area contributed by atoms with Gasteiger partial charge in [0.2, 0.25) is 0 Å². The first-order valence-electron chi connectivity index (χ1n) is 4.92. The maximum Gasteiger partial charge on any atom is 0.511 e. The number of fused-ring (bicyclic) bond motifs is 1. The Balaban J connectivity index is 2.46. The summed E-state index contributed by atoms with van der Waals surface area (Å²) in [4.78, 5) is 10.8. The molecule has 19 heavy (non-hydrogen) atoms. The second kappa shape index (κ2) is 4.97. The number of alkyl halides is 3. The summed E-state index contributed by atoms with van der Waals surface area (Å²) in [6, 6.07) is 4.37. The van der Waals surface area contributed by atoms with Gasteiger partial charge in [-0.1, -0.05) is 11.6 Å². The van der Waals surface area contributed by atoms with Gasteiger partial charge in [0.1, 0.15) is 5.76 Å². The zero-order chi connectivity index (χ0) is 14.2. The molecule has 0 bridgehead atoms. The van der Waals surface area contributed by atoms with Crippen LogP contribution in [0.25, 0.3) is 6.08 Å². The van der Waals surface area contributed by atoms with Crippen LogP contribution >= 0.6 is 23.4 Å². The van der Waals surface area contributed by atoms with Gasteiger partial charge in [0, 0.05) is 9.92 Å². The van der Waals surface area contributed by atoms with Gasteiger partial charge in [0.15, 0.2) is 5.25 Å². The lowest BCUT2D eigenvalue weighted by molar-refractivity contribution is -0.127. The smallest absolute Gasteiger partial charge is 0.449 e. The highest BCUT2D eigenvalue weighted by molar-refractivity contribution is 8.00. The number of ether oxygens (including phenoxy) is 1. The van der Waals surface area contributed by atoms with Crippen LogP contribution in [0.15, 0.2) is 28.9 Å². The van der Waals surface area contributed by atoms with Crippen LogP contribution in [0.5, 0.6) is 0 Å². The molecule has 1 aromatic carbocycles. The van der Waals surface area contributed by atoms with Crippen LogP contribution in [0, 0.1) is 0 Å². The van der Waals surface area contributed by atoms with Crippen LogP contribution < -0.4 is 0 Å². The summed E-state index contributed by atoms with van der Waals surface area (Å²) in [6.45, 7) is 0. The van der Waals surface area contributed by atoms with Gasteiger partial charge < -0.3 is 9.84 Å². The van der Waals surface area contributed by atoms with Gasteiger partial charge in [-0.15, -0.1) is 11.8 Å². The Morgan fingerprint density at radius 3 is 2.68 bits per heavy atom. The Bertz CT molecular complexity index is 557. The van der Waals surface area contributed by atoms with Gasteiger partial charge in [0.25, 0.3) is 0 Å². The van der Waals surface area contributed by atoms with Crippen molar-refractivity contribution in [3.05, 3.63) is 34.5 Å². The van der Waals surface area contributed by atoms with Crippen LogP contribution in [-0.2, 0) is 4.74 Å². The van der Waals surface area contributed by atoms with Gasteiger partial charge in [-0.05, 0) is 29.8 Å². The van der Waals surface area contributed by atoms with E-state index >= 15 is 0 Å². The summed E-state index contributed by atoms with van der Waals surface area (Å²) in [6.07, 6.45) is -5.35. The Morgan fingerprint density at radius 2 is 2.11 bits per heavy atom. The van der Waals surface area contributed by atoms with Crippen molar-refractivity contribution in [1.82, 2.24) is 0 Å². The van der Waals surface area contributed by atoms with E-state index in [2.05, 4.69) is 4.74 Å². The van der Waals surface area contributed by atoms with Crippen molar-refractivity contribution < 1.29 is 27.8 Å². The molecule has 1 aliphatic heterocycles. The number of benzene rings is 1. The minimum absolute atomic E-state index is 0.343. The van der Waals surface area contributed by atoms with E-state index in [1.54, 1.807) is 0 Å². The molecule has 0 saturated carbocycles. The van der Waals surface area contributed by atoms with Crippen LogP contribution in [0.3, 0.4) is 0 Å². The third-order valence-electron chi connectivity index (χ3n) is 2.28. The molecule has 1 heterocycles. The zero-order valence-corrected chi connectivity index (χ0v) is 10.6. The third-order valence-corrected chi connectivity index (χ3v) is 3.87. The topological polar surface area (TPSA) is 46.5 Å². The molecule has 1 aliphatic rings. The van der Waals surface area contributed by atoms with E-state index < -0.39 is 23.3 Å². The fourth-order valence-corrected chi connectivity index (χ4v) is 2.77. The van der Waals surface area contributed by atoms with Crippen molar-refractivity contribution in [1.29, 1.82) is 0 Å². The lowest BCUT2D eigenvalue weighted by atomic mass is 10.1. The lowest BCUT2D eigenvalue weighted by Gasteiger charge is -2.25. The fourth-order valence-electron chi connectivity index (χ4n) is 1.57. The van der Waals surface area contributed by atoms with Gasteiger partial charge in [-0.2, -0.15) is 13.2 Å². The number of thioether (sulfide) groups is 1. The zero-order valence-electron chi connectivity index (χ0n) is 9.07. The second-order valence-corrected chi connectivity index (χ2v) is 5.22. The molecule has 0 spiro atoms. The number of hydrogen-bond donors (Lipinski definition) is 1. The number of halogens is 4. The summed E-state index contributed by atoms with van der Waals surface area (Å²) < 4.78 is 42.8. The predicted molar refractivity (Wildman–Crippen MR) is 64.2 cm³/mol. The van der Waals surface area contributed by atoms with E-state index in [4.69, 9.17) is 16.7 Å². The molecule has 0 fully saturated rings. The van der Waals surface area contributed by atoms with Crippen molar-refractivity contribution in [3.8, 4) is 0 Å². The molecule has 0 radical (unpaired) electrons. The van der Waals surface area contributed by atoms with Gasteiger partial charge in [-0.3, -0.25) is 0 Å². The molecule has 1 N–H and O–H groups in total. The first-order chi connectivity index (χ1) is 8.77. The van der Waals surface area contributed by atoms with Crippen molar-refractivity contribution in [3.63, 3.8) is 0 Å². The predicted octanol–water partition coefficient (Wildman–Crippen LogP) is 4.41. The summed E-state index contributed by atoms with van der Waals surface area (Å²) >= 11 is 6.22. The van der Waals surface area contributed by atoms with E-state index in [0.717, 1.165) is 6.08 Å². The van der Waals surface area contributed by atoms with Crippen molar-refractivity contribution in [2.75, 3.05) is 0 Å². The van der Waals surface area contributed by atoms with E-state index in [9.17, 15) is 18.0 Å². The first-order valence-corrected chi connectivity index (χ1v) is 6.18. The van der Waals surface area contributed by atoms with E-state index in [-0.39, 0.29) is 0 Å². The Hall–Kier alpha value is -1.34. The average molecular weight is 311 g/mol. The Morgan fingerprint density at radius 1 is 1.42 bits per heavy atom. The van der Waals surface area contributed by atoms with Crippen LogP contribution in [0.4, 0.5) is 18.0 Å².